The van der Waals surface area contributed by atoms with Crippen LogP contribution < -0.4 is 5.43 Å². The zero-order valence-electron chi connectivity index (χ0n) is 14.8. The topological polar surface area (TPSA) is 67.0 Å². The van der Waals surface area contributed by atoms with Gasteiger partial charge in [0, 0.05) is 17.1 Å². The fourth-order valence-electron chi connectivity index (χ4n) is 2.77. The first-order valence-corrected chi connectivity index (χ1v) is 9.57. The third kappa shape index (κ3) is 3.12. The van der Waals surface area contributed by atoms with Crippen LogP contribution in [0.3, 0.4) is 0 Å². The number of aromatic amines is 1. The molecule has 1 N–H and O–H groups in total. The first kappa shape index (κ1) is 17.4. The second-order valence-electron chi connectivity index (χ2n) is 7.31. The highest BCUT2D eigenvalue weighted by molar-refractivity contribution is 7.91. The molecule has 0 aliphatic rings. The Labute approximate surface area is 147 Å². The predicted octanol–water partition coefficient (Wildman–Crippen LogP) is 3.97. The number of aromatic nitrogens is 1. The van der Waals surface area contributed by atoms with Crippen LogP contribution in [0.25, 0.3) is 10.9 Å². The lowest BCUT2D eigenvalue weighted by Crippen LogP contribution is -2.17. The molecule has 0 fully saturated rings. The Balaban J connectivity index is 2.16. The van der Waals surface area contributed by atoms with Crippen LogP contribution in [0.1, 0.15) is 31.9 Å². The average molecular weight is 355 g/mol. The molecule has 0 aliphatic heterocycles. The van der Waals surface area contributed by atoms with Crippen molar-refractivity contribution in [2.75, 3.05) is 0 Å². The molecule has 0 aliphatic carbocycles. The highest BCUT2D eigenvalue weighted by Crippen LogP contribution is 2.25. The van der Waals surface area contributed by atoms with Gasteiger partial charge in [0.2, 0.25) is 15.3 Å². The van der Waals surface area contributed by atoms with E-state index in [1.807, 2.05) is 13.0 Å². The quantitative estimate of drug-likeness (QED) is 0.756. The molecule has 0 saturated heterocycles. The van der Waals surface area contributed by atoms with Gasteiger partial charge in [0.15, 0.2) is 0 Å². The maximum atomic E-state index is 12.9. The molecule has 4 nitrogen and oxygen atoms in total. The first-order chi connectivity index (χ1) is 11.6. The van der Waals surface area contributed by atoms with E-state index in [1.165, 1.54) is 6.20 Å². The second kappa shape index (κ2) is 5.85. The minimum atomic E-state index is -3.88. The van der Waals surface area contributed by atoms with Gasteiger partial charge in [0.1, 0.15) is 4.90 Å². The number of fused-ring (bicyclic) bond motifs is 1. The van der Waals surface area contributed by atoms with Crippen LogP contribution in [0.2, 0.25) is 0 Å². The number of sulfone groups is 1. The molecule has 0 saturated carbocycles. The number of H-pyrrole nitrogens is 1. The zero-order chi connectivity index (χ0) is 18.4. The first-order valence-electron chi connectivity index (χ1n) is 8.08. The molecular formula is C20H21NO3S. The van der Waals surface area contributed by atoms with Crippen LogP contribution in [0.15, 0.2) is 63.2 Å². The molecule has 0 spiro atoms. The van der Waals surface area contributed by atoms with E-state index in [0.29, 0.717) is 10.9 Å². The number of nitrogens with one attached hydrogen (secondary N) is 1. The minimum Gasteiger partial charge on any atom is -0.360 e. The SMILES string of the molecule is Cc1ccc2[nH]cc(S(=O)(=O)c3ccc(C(C)(C)C)cc3)c(=O)c2c1. The summed E-state index contributed by atoms with van der Waals surface area (Å²) in [5.41, 5.74) is 2.02. The lowest BCUT2D eigenvalue weighted by molar-refractivity contribution is 0.586. The highest BCUT2D eigenvalue weighted by atomic mass is 32.2. The Hall–Kier alpha value is -2.40. The van der Waals surface area contributed by atoms with E-state index in [0.717, 1.165) is 11.1 Å². The van der Waals surface area contributed by atoms with Gasteiger partial charge in [-0.15, -0.1) is 0 Å². The van der Waals surface area contributed by atoms with Crippen LogP contribution in [0.5, 0.6) is 0 Å². The molecule has 3 rings (SSSR count). The molecule has 130 valence electrons. The molecule has 25 heavy (non-hydrogen) atoms. The van der Waals surface area contributed by atoms with Crippen LogP contribution in [-0.4, -0.2) is 13.4 Å². The Morgan fingerprint density at radius 3 is 2.20 bits per heavy atom. The van der Waals surface area contributed by atoms with Crippen molar-refractivity contribution in [2.24, 2.45) is 0 Å². The molecule has 3 aromatic rings. The van der Waals surface area contributed by atoms with Crippen LogP contribution in [-0.2, 0) is 15.3 Å². The van der Waals surface area contributed by atoms with Gasteiger partial charge < -0.3 is 4.98 Å². The van der Waals surface area contributed by atoms with Crippen LogP contribution in [0.4, 0.5) is 0 Å². The monoisotopic (exact) mass is 355 g/mol. The molecule has 0 unspecified atom stereocenters. The van der Waals surface area contributed by atoms with Gasteiger partial charge in [-0.3, -0.25) is 4.79 Å². The predicted molar refractivity (Wildman–Crippen MR) is 99.9 cm³/mol. The van der Waals surface area contributed by atoms with Gasteiger partial charge in [0.25, 0.3) is 0 Å². The van der Waals surface area contributed by atoms with E-state index in [-0.39, 0.29) is 15.2 Å². The number of aryl methyl sites for hydroxylation is 1. The Morgan fingerprint density at radius 2 is 1.60 bits per heavy atom. The fraction of sp³-hybridized carbons (Fsp3) is 0.250. The smallest absolute Gasteiger partial charge is 0.211 e. The third-order valence-corrected chi connectivity index (χ3v) is 6.10. The largest absolute Gasteiger partial charge is 0.360 e. The summed E-state index contributed by atoms with van der Waals surface area (Å²) in [6, 6.07) is 12.1. The van der Waals surface area contributed by atoms with E-state index in [4.69, 9.17) is 0 Å². The van der Waals surface area contributed by atoms with Crippen molar-refractivity contribution in [3.63, 3.8) is 0 Å². The standard InChI is InChI=1S/C20H21NO3S/c1-13-5-10-17-16(11-13)19(22)18(12-21-17)25(23,24)15-8-6-14(7-9-15)20(2,3)4/h5-12H,1-4H3,(H,21,22). The Bertz CT molecular complexity index is 1100. The van der Waals surface area contributed by atoms with Crippen molar-refractivity contribution >= 4 is 20.7 Å². The van der Waals surface area contributed by atoms with Gasteiger partial charge >= 0.3 is 0 Å². The molecule has 0 radical (unpaired) electrons. The van der Waals surface area contributed by atoms with Crippen molar-refractivity contribution in [3.8, 4) is 0 Å². The maximum absolute atomic E-state index is 12.9. The van der Waals surface area contributed by atoms with E-state index >= 15 is 0 Å². The summed E-state index contributed by atoms with van der Waals surface area (Å²) in [6.07, 6.45) is 1.28. The molecule has 1 heterocycles. The van der Waals surface area contributed by atoms with Crippen molar-refractivity contribution in [2.45, 2.75) is 42.9 Å². The van der Waals surface area contributed by atoms with Gasteiger partial charge in [-0.1, -0.05) is 44.5 Å². The number of hydrogen-bond donors (Lipinski definition) is 1. The third-order valence-electron chi connectivity index (χ3n) is 4.32. The molecule has 0 atom stereocenters. The zero-order valence-corrected chi connectivity index (χ0v) is 15.6. The summed E-state index contributed by atoms with van der Waals surface area (Å²) < 4.78 is 25.8. The molecular weight excluding hydrogens is 334 g/mol. The summed E-state index contributed by atoms with van der Waals surface area (Å²) in [6.45, 7) is 8.05. The molecule has 1 aromatic heterocycles. The lowest BCUT2D eigenvalue weighted by atomic mass is 9.87. The van der Waals surface area contributed by atoms with Crippen LogP contribution >= 0.6 is 0 Å². The summed E-state index contributed by atoms with van der Waals surface area (Å²) in [5, 5.41) is 0.382. The number of benzene rings is 2. The minimum absolute atomic E-state index is 0.0692. The van der Waals surface area contributed by atoms with E-state index in [1.54, 1.807) is 36.4 Å². The molecule has 2 aromatic carbocycles. The van der Waals surface area contributed by atoms with Crippen molar-refractivity contribution in [1.82, 2.24) is 4.98 Å². The van der Waals surface area contributed by atoms with Gasteiger partial charge in [-0.25, -0.2) is 8.42 Å². The summed E-state index contributed by atoms with van der Waals surface area (Å²) in [7, 11) is -3.88. The second-order valence-corrected chi connectivity index (χ2v) is 9.23. The normalized spacial score (nSPS) is 12.5. The number of pyridine rings is 1. The van der Waals surface area contributed by atoms with Gasteiger partial charge in [-0.05, 0) is 42.2 Å². The maximum Gasteiger partial charge on any atom is 0.211 e. The summed E-state index contributed by atoms with van der Waals surface area (Å²) >= 11 is 0. The Kier molecular flexibility index (Phi) is 4.07. The summed E-state index contributed by atoms with van der Waals surface area (Å²) in [4.78, 5) is 15.5. The fourth-order valence-corrected chi connectivity index (χ4v) is 4.09. The van der Waals surface area contributed by atoms with Crippen molar-refractivity contribution < 1.29 is 8.42 Å². The number of rotatable bonds is 2. The highest BCUT2D eigenvalue weighted by Gasteiger charge is 2.23. The van der Waals surface area contributed by atoms with E-state index < -0.39 is 15.3 Å². The van der Waals surface area contributed by atoms with Crippen molar-refractivity contribution in [1.29, 1.82) is 0 Å². The van der Waals surface area contributed by atoms with E-state index in [9.17, 15) is 13.2 Å². The molecule has 5 heteroatoms. The average Bonchev–Trinajstić information content (AvgIpc) is 2.55. The van der Waals surface area contributed by atoms with Crippen molar-refractivity contribution in [3.05, 3.63) is 70.0 Å². The van der Waals surface area contributed by atoms with Crippen LogP contribution in [0, 0.1) is 6.92 Å². The Morgan fingerprint density at radius 1 is 0.960 bits per heavy atom. The van der Waals surface area contributed by atoms with E-state index in [2.05, 4.69) is 25.8 Å². The lowest BCUT2D eigenvalue weighted by Gasteiger charge is -2.19. The molecule has 0 bridgehead atoms. The van der Waals surface area contributed by atoms with Gasteiger partial charge in [0.05, 0.1) is 4.90 Å². The number of hydrogen-bond acceptors (Lipinski definition) is 3. The van der Waals surface area contributed by atoms with Gasteiger partial charge in [-0.2, -0.15) is 0 Å². The summed E-state index contributed by atoms with van der Waals surface area (Å²) in [5.74, 6) is 0. The molecule has 0 amide bonds.